The van der Waals surface area contributed by atoms with Crippen LogP contribution in [0.4, 0.5) is 5.69 Å². The van der Waals surface area contributed by atoms with Gasteiger partial charge in [-0.2, -0.15) is 0 Å². The molecule has 0 amide bonds. The Morgan fingerprint density at radius 1 is 1.29 bits per heavy atom. The Balaban J connectivity index is 1.87. The van der Waals surface area contributed by atoms with E-state index < -0.39 is 11.0 Å². The maximum atomic E-state index is 11.0. The average molecular weight is 334 g/mol. The van der Waals surface area contributed by atoms with Crippen LogP contribution in [-0.4, -0.2) is 34.3 Å². The molecule has 24 heavy (non-hydrogen) atoms. The lowest BCUT2D eigenvalue weighted by molar-refractivity contribution is -0.385. The summed E-state index contributed by atoms with van der Waals surface area (Å²) >= 11 is 0. The molecule has 0 radical (unpaired) electrons. The molecule has 1 heterocycles. The highest BCUT2D eigenvalue weighted by Crippen LogP contribution is 2.20. The Bertz CT molecular complexity index is 671. The van der Waals surface area contributed by atoms with E-state index in [1.165, 1.54) is 6.07 Å². The van der Waals surface area contributed by atoms with Crippen LogP contribution in [0.1, 0.15) is 29.6 Å². The number of hydrogen-bond donors (Lipinski definition) is 3. The largest absolute Gasteiger partial charge is 0.464 e. The van der Waals surface area contributed by atoms with Gasteiger partial charge in [0.05, 0.1) is 11.5 Å². The fourth-order valence-electron chi connectivity index (χ4n) is 2.50. The molecule has 2 unspecified atom stereocenters. The van der Waals surface area contributed by atoms with Crippen molar-refractivity contribution >= 4 is 5.69 Å². The number of aryl methyl sites for hydroxylation is 2. The minimum absolute atomic E-state index is 0.0836. The number of hydrogen-bond acceptors (Lipinski definition) is 6. The molecule has 0 aliphatic rings. The van der Waals surface area contributed by atoms with Crippen LogP contribution in [0.25, 0.3) is 0 Å². The van der Waals surface area contributed by atoms with Crippen molar-refractivity contribution < 1.29 is 19.6 Å². The minimum atomic E-state index is -0.807. The number of nitro benzene ring substituents is 1. The Morgan fingerprint density at radius 3 is 2.67 bits per heavy atom. The van der Waals surface area contributed by atoms with Crippen molar-refractivity contribution in [1.29, 1.82) is 0 Å². The molecule has 7 heteroatoms. The van der Waals surface area contributed by atoms with Crippen molar-refractivity contribution in [3.05, 3.63) is 63.6 Å². The van der Waals surface area contributed by atoms with Crippen molar-refractivity contribution in [2.75, 3.05) is 13.2 Å². The molecule has 1 aromatic heterocycles. The highest BCUT2D eigenvalue weighted by atomic mass is 16.6. The van der Waals surface area contributed by atoms with Gasteiger partial charge in [-0.1, -0.05) is 18.2 Å². The Morgan fingerprint density at radius 2 is 2.04 bits per heavy atom. The maximum absolute atomic E-state index is 11.0. The predicted molar refractivity (Wildman–Crippen MR) is 88.7 cm³/mol. The summed E-state index contributed by atoms with van der Waals surface area (Å²) in [6.07, 6.45) is 0.176. The van der Waals surface area contributed by atoms with Gasteiger partial charge in [-0.3, -0.25) is 10.1 Å². The second-order valence-corrected chi connectivity index (χ2v) is 5.68. The third-order valence-electron chi connectivity index (χ3n) is 3.86. The second-order valence-electron chi connectivity index (χ2n) is 5.68. The number of nitrogens with one attached hydrogen (secondary N) is 1. The molecule has 1 aromatic carbocycles. The molecule has 130 valence electrons. The van der Waals surface area contributed by atoms with Crippen molar-refractivity contribution in [1.82, 2.24) is 5.32 Å². The number of benzene rings is 1. The minimum Gasteiger partial charge on any atom is -0.464 e. The van der Waals surface area contributed by atoms with Crippen LogP contribution in [0.2, 0.25) is 0 Å². The second kappa shape index (κ2) is 8.58. The van der Waals surface area contributed by atoms with Crippen LogP contribution >= 0.6 is 0 Å². The van der Waals surface area contributed by atoms with Gasteiger partial charge in [0.25, 0.3) is 5.69 Å². The quantitative estimate of drug-likeness (QED) is 0.479. The van der Waals surface area contributed by atoms with E-state index in [1.54, 1.807) is 37.3 Å². The number of nitrogens with zero attached hydrogens (tertiary/aromatic N) is 1. The van der Waals surface area contributed by atoms with Crippen LogP contribution in [0, 0.1) is 17.0 Å². The molecule has 0 saturated heterocycles. The first-order valence-corrected chi connectivity index (χ1v) is 7.82. The standard InChI is InChI=1S/C17H22N2O5/c1-12-6-9-17(24-12)16(21)10-18-14(11-20)8-7-13-4-2-3-5-15(13)19(22)23/h2-6,9,14,16,18,20-21H,7-8,10-11H2,1H3. The van der Waals surface area contributed by atoms with E-state index in [4.69, 9.17) is 4.42 Å². The number of furan rings is 1. The van der Waals surface area contributed by atoms with Gasteiger partial charge in [0.1, 0.15) is 17.6 Å². The summed E-state index contributed by atoms with van der Waals surface area (Å²) in [5, 5.41) is 33.6. The van der Waals surface area contributed by atoms with Gasteiger partial charge in [-0.15, -0.1) is 0 Å². The van der Waals surface area contributed by atoms with Crippen molar-refractivity contribution in [3.63, 3.8) is 0 Å². The molecule has 2 aromatic rings. The van der Waals surface area contributed by atoms with Crippen LogP contribution in [0.15, 0.2) is 40.8 Å². The Kier molecular flexibility index (Phi) is 6.48. The van der Waals surface area contributed by atoms with Crippen LogP contribution in [0.5, 0.6) is 0 Å². The lowest BCUT2D eigenvalue weighted by Gasteiger charge is -2.18. The van der Waals surface area contributed by atoms with E-state index in [1.807, 2.05) is 0 Å². The molecule has 0 aliphatic carbocycles. The third kappa shape index (κ3) is 4.89. The van der Waals surface area contributed by atoms with E-state index in [0.29, 0.717) is 24.2 Å². The fraction of sp³-hybridized carbons (Fsp3) is 0.412. The highest BCUT2D eigenvalue weighted by Gasteiger charge is 2.17. The van der Waals surface area contributed by atoms with Gasteiger partial charge in [-0.05, 0) is 31.9 Å². The molecule has 0 aliphatic heterocycles. The zero-order valence-electron chi connectivity index (χ0n) is 13.5. The summed E-state index contributed by atoms with van der Waals surface area (Å²) in [6.45, 7) is 1.91. The molecule has 0 spiro atoms. The van der Waals surface area contributed by atoms with E-state index in [2.05, 4.69) is 5.32 Å². The lowest BCUT2D eigenvalue weighted by Crippen LogP contribution is -2.36. The third-order valence-corrected chi connectivity index (χ3v) is 3.86. The van der Waals surface area contributed by atoms with Gasteiger partial charge in [0.2, 0.25) is 0 Å². The zero-order chi connectivity index (χ0) is 17.5. The molecular weight excluding hydrogens is 312 g/mol. The van der Waals surface area contributed by atoms with Crippen molar-refractivity contribution in [2.45, 2.75) is 31.9 Å². The smallest absolute Gasteiger partial charge is 0.272 e. The normalized spacial score (nSPS) is 13.6. The highest BCUT2D eigenvalue weighted by molar-refractivity contribution is 5.39. The van der Waals surface area contributed by atoms with Crippen LogP contribution in [0.3, 0.4) is 0 Å². The molecular formula is C17H22N2O5. The molecule has 0 fully saturated rings. The number of para-hydroxylation sites is 1. The Labute approximate surface area is 140 Å². The van der Waals surface area contributed by atoms with Gasteiger partial charge in [0.15, 0.2) is 0 Å². The van der Waals surface area contributed by atoms with E-state index >= 15 is 0 Å². The maximum Gasteiger partial charge on any atom is 0.272 e. The zero-order valence-corrected chi connectivity index (χ0v) is 13.5. The van der Waals surface area contributed by atoms with E-state index in [-0.39, 0.29) is 24.9 Å². The van der Waals surface area contributed by atoms with Gasteiger partial charge < -0.3 is 19.9 Å². The first-order chi connectivity index (χ1) is 11.5. The van der Waals surface area contributed by atoms with Crippen LogP contribution < -0.4 is 5.32 Å². The fourth-order valence-corrected chi connectivity index (χ4v) is 2.50. The summed E-state index contributed by atoms with van der Waals surface area (Å²) < 4.78 is 5.36. The summed E-state index contributed by atoms with van der Waals surface area (Å²) in [5.74, 6) is 1.19. The molecule has 2 atom stereocenters. The first kappa shape index (κ1) is 18.1. The van der Waals surface area contributed by atoms with Crippen molar-refractivity contribution in [3.8, 4) is 0 Å². The van der Waals surface area contributed by atoms with E-state index in [0.717, 1.165) is 5.76 Å². The summed E-state index contributed by atoms with van der Waals surface area (Å²) in [6, 6.07) is 9.79. The summed E-state index contributed by atoms with van der Waals surface area (Å²) in [4.78, 5) is 10.6. The van der Waals surface area contributed by atoms with Gasteiger partial charge in [-0.25, -0.2) is 0 Å². The molecule has 7 nitrogen and oxygen atoms in total. The SMILES string of the molecule is Cc1ccc(C(O)CNC(CO)CCc2ccccc2[N+](=O)[O-])o1. The number of rotatable bonds is 9. The Hall–Kier alpha value is -2.22. The first-order valence-electron chi connectivity index (χ1n) is 7.82. The lowest BCUT2D eigenvalue weighted by atomic mass is 10.0. The molecule has 0 saturated carbocycles. The van der Waals surface area contributed by atoms with Gasteiger partial charge in [0, 0.05) is 24.2 Å². The summed E-state index contributed by atoms with van der Waals surface area (Å²) in [7, 11) is 0. The topological polar surface area (TPSA) is 109 Å². The number of aliphatic hydroxyl groups excluding tert-OH is 2. The summed E-state index contributed by atoms with van der Waals surface area (Å²) in [5.41, 5.74) is 0.713. The monoisotopic (exact) mass is 334 g/mol. The van der Waals surface area contributed by atoms with Crippen molar-refractivity contribution in [2.24, 2.45) is 0 Å². The molecule has 2 rings (SSSR count). The number of aliphatic hydroxyl groups is 2. The average Bonchev–Trinajstić information content (AvgIpc) is 3.01. The molecule has 0 bridgehead atoms. The van der Waals surface area contributed by atoms with E-state index in [9.17, 15) is 20.3 Å². The number of nitro groups is 1. The predicted octanol–water partition coefficient (Wildman–Crippen LogP) is 2.11. The molecule has 3 N–H and O–H groups in total. The van der Waals surface area contributed by atoms with Crippen LogP contribution in [-0.2, 0) is 6.42 Å². The van der Waals surface area contributed by atoms with Gasteiger partial charge >= 0.3 is 0 Å².